The van der Waals surface area contributed by atoms with Crippen molar-refractivity contribution in [3.8, 4) is 0 Å². The molecule has 1 aliphatic rings. The Balaban J connectivity index is 2.96. The van der Waals surface area contributed by atoms with Crippen LogP contribution in [-0.4, -0.2) is 20.0 Å². The Morgan fingerprint density at radius 2 is 1.95 bits per heavy atom. The van der Waals surface area contributed by atoms with Crippen LogP contribution < -0.4 is 0 Å². The van der Waals surface area contributed by atoms with Gasteiger partial charge < -0.3 is 0 Å². The molecule has 0 saturated carbocycles. The highest BCUT2D eigenvalue weighted by Crippen LogP contribution is 2.45. The predicted molar refractivity (Wildman–Crippen MR) is 75.9 cm³/mol. The number of fused-ring (bicyclic) bond motifs is 1. The van der Waals surface area contributed by atoms with Crippen molar-refractivity contribution in [3.63, 3.8) is 0 Å². The van der Waals surface area contributed by atoms with E-state index in [1.165, 1.54) is 6.92 Å². The van der Waals surface area contributed by atoms with Crippen LogP contribution in [0.3, 0.4) is 0 Å². The third-order valence-electron chi connectivity index (χ3n) is 3.76. The SMILES string of the molecule is CC(=O)c1cc(C)c2c(c1Cl)C(C)(C)CCS2(=O)=O. The molecule has 1 aromatic carbocycles. The number of Topliss-reactive ketones (excluding diaryl/α,β-unsaturated/α-hetero) is 1. The van der Waals surface area contributed by atoms with Crippen LogP contribution in [0.25, 0.3) is 0 Å². The summed E-state index contributed by atoms with van der Waals surface area (Å²) in [7, 11) is -3.30. The molecule has 0 fully saturated rings. The Hall–Kier alpha value is -0.870. The van der Waals surface area contributed by atoms with E-state index in [1.54, 1.807) is 13.0 Å². The van der Waals surface area contributed by atoms with Gasteiger partial charge in [-0.05, 0) is 42.9 Å². The van der Waals surface area contributed by atoms with Gasteiger partial charge in [0.1, 0.15) is 0 Å². The molecule has 0 aliphatic carbocycles. The minimum Gasteiger partial charge on any atom is -0.294 e. The van der Waals surface area contributed by atoms with E-state index in [4.69, 9.17) is 11.6 Å². The summed E-state index contributed by atoms with van der Waals surface area (Å²) in [5.74, 6) is -0.0153. The summed E-state index contributed by atoms with van der Waals surface area (Å²) < 4.78 is 24.5. The molecule has 1 aromatic rings. The minimum atomic E-state index is -3.30. The highest BCUT2D eigenvalue weighted by atomic mass is 35.5. The molecule has 1 aliphatic heterocycles. The summed E-state index contributed by atoms with van der Waals surface area (Å²) in [6.45, 7) is 7.10. The largest absolute Gasteiger partial charge is 0.294 e. The Morgan fingerprint density at radius 3 is 2.47 bits per heavy atom. The summed E-state index contributed by atoms with van der Waals surface area (Å²) in [4.78, 5) is 12.0. The molecule has 0 aromatic heterocycles. The van der Waals surface area contributed by atoms with Crippen molar-refractivity contribution < 1.29 is 13.2 Å². The van der Waals surface area contributed by atoms with Gasteiger partial charge in [0.15, 0.2) is 15.6 Å². The number of ketones is 1. The zero-order chi connectivity index (χ0) is 14.6. The zero-order valence-corrected chi connectivity index (χ0v) is 13.1. The van der Waals surface area contributed by atoms with Gasteiger partial charge in [-0.15, -0.1) is 0 Å². The quantitative estimate of drug-likeness (QED) is 0.748. The summed E-state index contributed by atoms with van der Waals surface area (Å²) in [6.07, 6.45) is 0.517. The minimum absolute atomic E-state index is 0.129. The number of hydrogen-bond acceptors (Lipinski definition) is 3. The van der Waals surface area contributed by atoms with E-state index >= 15 is 0 Å². The molecular formula is C14H17ClO3S. The van der Waals surface area contributed by atoms with Gasteiger partial charge >= 0.3 is 0 Å². The van der Waals surface area contributed by atoms with Gasteiger partial charge in [-0.25, -0.2) is 8.42 Å². The average molecular weight is 301 g/mol. The van der Waals surface area contributed by atoms with Crippen LogP contribution in [0.2, 0.25) is 5.02 Å². The highest BCUT2D eigenvalue weighted by molar-refractivity contribution is 7.91. The molecule has 104 valence electrons. The molecule has 0 amide bonds. The fraction of sp³-hybridized carbons (Fsp3) is 0.500. The predicted octanol–water partition coefficient (Wildman–Crippen LogP) is 3.31. The lowest BCUT2D eigenvalue weighted by Gasteiger charge is -2.34. The Labute approximate surface area is 118 Å². The van der Waals surface area contributed by atoms with Gasteiger partial charge in [0, 0.05) is 5.56 Å². The average Bonchev–Trinajstić information content (AvgIpc) is 2.26. The summed E-state index contributed by atoms with van der Waals surface area (Å²) in [6, 6.07) is 1.59. The normalized spacial score (nSPS) is 19.8. The molecule has 19 heavy (non-hydrogen) atoms. The maximum Gasteiger partial charge on any atom is 0.179 e. The molecule has 0 radical (unpaired) electrons. The van der Waals surface area contributed by atoms with E-state index in [1.807, 2.05) is 13.8 Å². The number of sulfone groups is 1. The topological polar surface area (TPSA) is 51.2 Å². The monoisotopic (exact) mass is 300 g/mol. The smallest absolute Gasteiger partial charge is 0.179 e. The van der Waals surface area contributed by atoms with Crippen LogP contribution in [-0.2, 0) is 15.3 Å². The van der Waals surface area contributed by atoms with Crippen LogP contribution in [0.15, 0.2) is 11.0 Å². The lowest BCUT2D eigenvalue weighted by Crippen LogP contribution is -2.32. The molecule has 0 N–H and O–H groups in total. The number of hydrogen-bond donors (Lipinski definition) is 0. The third kappa shape index (κ3) is 2.21. The van der Waals surface area contributed by atoms with Gasteiger partial charge in [0.25, 0.3) is 0 Å². The molecule has 3 nitrogen and oxygen atoms in total. The van der Waals surface area contributed by atoms with Crippen LogP contribution >= 0.6 is 11.6 Å². The summed E-state index contributed by atoms with van der Waals surface area (Å²) >= 11 is 6.32. The van der Waals surface area contributed by atoms with Crippen molar-refractivity contribution in [2.45, 2.75) is 44.4 Å². The molecule has 0 atom stereocenters. The number of carbonyl (C=O) groups is 1. The molecule has 1 heterocycles. The summed E-state index contributed by atoms with van der Waals surface area (Å²) in [5.41, 5.74) is 1.28. The van der Waals surface area contributed by atoms with Gasteiger partial charge in [0.05, 0.1) is 15.7 Å². The van der Waals surface area contributed by atoms with Crippen LogP contribution in [0.1, 0.15) is 48.7 Å². The van der Waals surface area contributed by atoms with Crippen LogP contribution in [0.5, 0.6) is 0 Å². The van der Waals surface area contributed by atoms with Gasteiger partial charge in [0.2, 0.25) is 0 Å². The number of halogens is 1. The molecule has 0 unspecified atom stereocenters. The Bertz CT molecular complexity index is 672. The van der Waals surface area contributed by atoms with E-state index in [-0.39, 0.29) is 17.0 Å². The van der Waals surface area contributed by atoms with Gasteiger partial charge in [-0.1, -0.05) is 25.4 Å². The van der Waals surface area contributed by atoms with E-state index in [0.717, 1.165) is 0 Å². The molecule has 5 heteroatoms. The number of benzene rings is 1. The number of aryl methyl sites for hydroxylation is 1. The first-order valence-electron chi connectivity index (χ1n) is 6.15. The first-order chi connectivity index (χ1) is 8.58. The fourth-order valence-corrected chi connectivity index (χ4v) is 5.47. The van der Waals surface area contributed by atoms with E-state index in [2.05, 4.69) is 0 Å². The highest BCUT2D eigenvalue weighted by Gasteiger charge is 2.39. The molecule has 0 bridgehead atoms. The van der Waals surface area contributed by atoms with E-state index in [0.29, 0.717) is 33.0 Å². The number of rotatable bonds is 1. The first kappa shape index (κ1) is 14.5. The Morgan fingerprint density at radius 1 is 1.37 bits per heavy atom. The van der Waals surface area contributed by atoms with Crippen molar-refractivity contribution in [2.75, 3.05) is 5.75 Å². The molecular weight excluding hydrogens is 284 g/mol. The van der Waals surface area contributed by atoms with Gasteiger partial charge in [-0.2, -0.15) is 0 Å². The van der Waals surface area contributed by atoms with Crippen LogP contribution in [0.4, 0.5) is 0 Å². The second-order valence-electron chi connectivity index (χ2n) is 5.77. The maximum absolute atomic E-state index is 12.3. The van der Waals surface area contributed by atoms with Crippen molar-refractivity contribution >= 4 is 27.2 Å². The lowest BCUT2D eigenvalue weighted by atomic mass is 9.80. The molecule has 0 saturated heterocycles. The van der Waals surface area contributed by atoms with E-state index in [9.17, 15) is 13.2 Å². The Kier molecular flexibility index (Phi) is 3.30. The first-order valence-corrected chi connectivity index (χ1v) is 8.18. The second kappa shape index (κ2) is 4.32. The van der Waals surface area contributed by atoms with Crippen molar-refractivity contribution in [2.24, 2.45) is 0 Å². The van der Waals surface area contributed by atoms with Crippen LogP contribution in [0, 0.1) is 6.92 Å². The number of carbonyl (C=O) groups excluding carboxylic acids is 1. The zero-order valence-electron chi connectivity index (χ0n) is 11.5. The fourth-order valence-electron chi connectivity index (χ4n) is 2.65. The summed E-state index contributed by atoms with van der Waals surface area (Å²) in [5, 5.41) is 0.293. The molecule has 0 spiro atoms. The van der Waals surface area contributed by atoms with Gasteiger partial charge in [-0.3, -0.25) is 4.79 Å². The molecule has 2 rings (SSSR count). The lowest BCUT2D eigenvalue weighted by molar-refractivity contribution is 0.101. The second-order valence-corrected chi connectivity index (χ2v) is 8.19. The standard InChI is InChI=1S/C14H17ClO3S/c1-8-7-10(9(2)16)12(15)11-13(8)19(17,18)6-5-14(11,3)4/h7H,5-6H2,1-4H3. The third-order valence-corrected chi connectivity index (χ3v) is 6.05. The van der Waals surface area contributed by atoms with Crippen molar-refractivity contribution in [1.29, 1.82) is 0 Å². The van der Waals surface area contributed by atoms with E-state index < -0.39 is 9.84 Å². The van der Waals surface area contributed by atoms with Crippen molar-refractivity contribution in [1.82, 2.24) is 0 Å². The maximum atomic E-state index is 12.3. The van der Waals surface area contributed by atoms with Crippen molar-refractivity contribution in [3.05, 3.63) is 27.8 Å².